The lowest BCUT2D eigenvalue weighted by Crippen LogP contribution is -2.16. The average Bonchev–Trinajstić information content (AvgIpc) is 2.41. The smallest absolute Gasteiger partial charge is 0.0756 e. The molecule has 0 aliphatic heterocycles. The second-order valence-electron chi connectivity index (χ2n) is 4.36. The highest BCUT2D eigenvalue weighted by Gasteiger charge is 2.14. The zero-order chi connectivity index (χ0) is 13.8. The van der Waals surface area contributed by atoms with Gasteiger partial charge in [0, 0.05) is 15.2 Å². The molecule has 0 radical (unpaired) electrons. The van der Waals surface area contributed by atoms with E-state index in [1.165, 1.54) is 0 Å². The standard InChI is InChI=1S/C15H15BrClNO/c1-10-4-2-3-5-14(10)18-15(9-19)12-8-11(17)6-7-13(12)16/h2-8,15,18-19H,9H2,1H3. The minimum absolute atomic E-state index is 0.00667. The predicted molar refractivity (Wildman–Crippen MR) is 83.8 cm³/mol. The molecule has 4 heteroatoms. The summed E-state index contributed by atoms with van der Waals surface area (Å²) in [7, 11) is 0. The quantitative estimate of drug-likeness (QED) is 0.855. The van der Waals surface area contributed by atoms with Crippen molar-refractivity contribution in [2.45, 2.75) is 13.0 Å². The molecule has 0 bridgehead atoms. The summed E-state index contributed by atoms with van der Waals surface area (Å²) >= 11 is 9.52. The van der Waals surface area contributed by atoms with Gasteiger partial charge in [0.1, 0.15) is 0 Å². The van der Waals surface area contributed by atoms with Crippen molar-refractivity contribution < 1.29 is 5.11 Å². The maximum Gasteiger partial charge on any atom is 0.0756 e. The van der Waals surface area contributed by atoms with E-state index in [4.69, 9.17) is 11.6 Å². The highest BCUT2D eigenvalue weighted by Crippen LogP contribution is 2.29. The van der Waals surface area contributed by atoms with Crippen LogP contribution in [-0.4, -0.2) is 11.7 Å². The lowest BCUT2D eigenvalue weighted by atomic mass is 10.1. The average molecular weight is 341 g/mol. The molecule has 100 valence electrons. The zero-order valence-corrected chi connectivity index (χ0v) is 12.9. The second kappa shape index (κ2) is 6.42. The topological polar surface area (TPSA) is 32.3 Å². The van der Waals surface area contributed by atoms with E-state index < -0.39 is 0 Å². The first-order valence-corrected chi connectivity index (χ1v) is 7.17. The van der Waals surface area contributed by atoms with E-state index in [1.54, 1.807) is 0 Å². The molecule has 2 aromatic rings. The largest absolute Gasteiger partial charge is 0.394 e. The molecule has 0 aromatic heterocycles. The van der Waals surface area contributed by atoms with Crippen LogP contribution in [-0.2, 0) is 0 Å². The number of aliphatic hydroxyl groups excluding tert-OH is 1. The molecule has 0 saturated carbocycles. The van der Waals surface area contributed by atoms with Crippen molar-refractivity contribution in [3.8, 4) is 0 Å². The Labute approximate surface area is 126 Å². The molecule has 0 heterocycles. The summed E-state index contributed by atoms with van der Waals surface area (Å²) < 4.78 is 0.928. The second-order valence-corrected chi connectivity index (χ2v) is 5.65. The predicted octanol–water partition coefficient (Wildman–Crippen LogP) is 4.56. The van der Waals surface area contributed by atoms with Crippen molar-refractivity contribution in [1.29, 1.82) is 0 Å². The van der Waals surface area contributed by atoms with Crippen molar-refractivity contribution in [1.82, 2.24) is 0 Å². The Kier molecular flexibility index (Phi) is 4.86. The lowest BCUT2D eigenvalue weighted by molar-refractivity contribution is 0.276. The monoisotopic (exact) mass is 339 g/mol. The normalized spacial score (nSPS) is 12.2. The molecule has 2 aromatic carbocycles. The number of benzene rings is 2. The zero-order valence-electron chi connectivity index (χ0n) is 10.5. The van der Waals surface area contributed by atoms with Crippen molar-refractivity contribution in [2.24, 2.45) is 0 Å². The van der Waals surface area contributed by atoms with E-state index in [1.807, 2.05) is 49.4 Å². The van der Waals surface area contributed by atoms with Gasteiger partial charge in [-0.2, -0.15) is 0 Å². The first kappa shape index (κ1) is 14.4. The van der Waals surface area contributed by atoms with Crippen LogP contribution in [0.2, 0.25) is 5.02 Å². The molecule has 0 amide bonds. The van der Waals surface area contributed by atoms with Crippen molar-refractivity contribution in [3.63, 3.8) is 0 Å². The van der Waals surface area contributed by atoms with Gasteiger partial charge in [0.25, 0.3) is 0 Å². The third-order valence-corrected chi connectivity index (χ3v) is 3.95. The van der Waals surface area contributed by atoms with E-state index >= 15 is 0 Å². The van der Waals surface area contributed by atoms with Gasteiger partial charge in [-0.15, -0.1) is 0 Å². The van der Waals surface area contributed by atoms with Crippen LogP contribution in [0.5, 0.6) is 0 Å². The Morgan fingerprint density at radius 2 is 2.00 bits per heavy atom. The lowest BCUT2D eigenvalue weighted by Gasteiger charge is -2.21. The Hall–Kier alpha value is -1.03. The first-order chi connectivity index (χ1) is 9.11. The minimum atomic E-state index is -0.200. The number of hydrogen-bond donors (Lipinski definition) is 2. The van der Waals surface area contributed by atoms with Crippen LogP contribution < -0.4 is 5.32 Å². The van der Waals surface area contributed by atoms with Gasteiger partial charge in [-0.25, -0.2) is 0 Å². The highest BCUT2D eigenvalue weighted by molar-refractivity contribution is 9.10. The fourth-order valence-electron chi connectivity index (χ4n) is 1.93. The van der Waals surface area contributed by atoms with Crippen molar-refractivity contribution >= 4 is 33.2 Å². The SMILES string of the molecule is Cc1ccccc1NC(CO)c1cc(Cl)ccc1Br. The molecule has 19 heavy (non-hydrogen) atoms. The van der Waals surface area contributed by atoms with Gasteiger partial charge in [0.2, 0.25) is 0 Å². The van der Waals surface area contributed by atoms with Crippen LogP contribution >= 0.6 is 27.5 Å². The summed E-state index contributed by atoms with van der Waals surface area (Å²) in [5.41, 5.74) is 3.09. The van der Waals surface area contributed by atoms with Gasteiger partial charge >= 0.3 is 0 Å². The van der Waals surface area contributed by atoms with Gasteiger partial charge in [-0.05, 0) is 42.3 Å². The van der Waals surface area contributed by atoms with E-state index in [-0.39, 0.29) is 12.6 Å². The molecule has 0 saturated heterocycles. The van der Waals surface area contributed by atoms with E-state index in [9.17, 15) is 5.11 Å². The third-order valence-electron chi connectivity index (χ3n) is 2.99. The molecule has 2 rings (SSSR count). The molecule has 0 aliphatic carbocycles. The fourth-order valence-corrected chi connectivity index (χ4v) is 2.63. The van der Waals surface area contributed by atoms with Crippen molar-refractivity contribution in [3.05, 3.63) is 63.1 Å². The number of nitrogens with one attached hydrogen (secondary N) is 1. The van der Waals surface area contributed by atoms with Gasteiger partial charge in [0.05, 0.1) is 12.6 Å². The molecular weight excluding hydrogens is 326 g/mol. The minimum Gasteiger partial charge on any atom is -0.394 e. The van der Waals surface area contributed by atoms with Crippen LogP contribution in [0.25, 0.3) is 0 Å². The molecular formula is C15H15BrClNO. The summed E-state index contributed by atoms with van der Waals surface area (Å²) in [4.78, 5) is 0. The number of aryl methyl sites for hydroxylation is 1. The molecule has 2 nitrogen and oxygen atoms in total. The Morgan fingerprint density at radius 1 is 1.26 bits per heavy atom. The molecule has 0 fully saturated rings. The maximum absolute atomic E-state index is 9.62. The molecule has 0 spiro atoms. The van der Waals surface area contributed by atoms with Gasteiger partial charge < -0.3 is 10.4 Å². The summed E-state index contributed by atoms with van der Waals surface area (Å²) in [5, 5.41) is 13.6. The van der Waals surface area contributed by atoms with Crippen LogP contribution in [0.15, 0.2) is 46.9 Å². The number of halogens is 2. The number of rotatable bonds is 4. The Balaban J connectivity index is 2.30. The number of hydrogen-bond acceptors (Lipinski definition) is 2. The number of aliphatic hydroxyl groups is 1. The van der Waals surface area contributed by atoms with Crippen LogP contribution in [0, 0.1) is 6.92 Å². The van der Waals surface area contributed by atoms with Crippen LogP contribution in [0.4, 0.5) is 5.69 Å². The Morgan fingerprint density at radius 3 is 2.68 bits per heavy atom. The fraction of sp³-hybridized carbons (Fsp3) is 0.200. The van der Waals surface area contributed by atoms with Gasteiger partial charge in [-0.1, -0.05) is 45.7 Å². The molecule has 0 aliphatic rings. The molecule has 1 atom stereocenters. The first-order valence-electron chi connectivity index (χ1n) is 6.00. The molecule has 1 unspecified atom stereocenters. The van der Waals surface area contributed by atoms with E-state index in [0.29, 0.717) is 5.02 Å². The number of anilines is 1. The Bertz CT molecular complexity index is 574. The summed E-state index contributed by atoms with van der Waals surface area (Å²) in [6.07, 6.45) is 0. The summed E-state index contributed by atoms with van der Waals surface area (Å²) in [6.45, 7) is 2.02. The van der Waals surface area contributed by atoms with E-state index in [0.717, 1.165) is 21.3 Å². The van der Waals surface area contributed by atoms with Crippen molar-refractivity contribution in [2.75, 3.05) is 11.9 Å². The maximum atomic E-state index is 9.62. The van der Waals surface area contributed by atoms with Crippen LogP contribution in [0.1, 0.15) is 17.2 Å². The third kappa shape index (κ3) is 3.50. The van der Waals surface area contributed by atoms with Gasteiger partial charge in [0.15, 0.2) is 0 Å². The summed E-state index contributed by atoms with van der Waals surface area (Å²) in [6, 6.07) is 13.4. The highest BCUT2D eigenvalue weighted by atomic mass is 79.9. The summed E-state index contributed by atoms with van der Waals surface area (Å²) in [5.74, 6) is 0. The van der Waals surface area contributed by atoms with E-state index in [2.05, 4.69) is 21.2 Å². The van der Waals surface area contributed by atoms with Crippen LogP contribution in [0.3, 0.4) is 0 Å². The molecule has 2 N–H and O–H groups in total. The van der Waals surface area contributed by atoms with Gasteiger partial charge in [-0.3, -0.25) is 0 Å². The number of para-hydroxylation sites is 1.